The van der Waals surface area contributed by atoms with Gasteiger partial charge in [-0.1, -0.05) is 55.0 Å². The van der Waals surface area contributed by atoms with Crippen molar-refractivity contribution in [2.24, 2.45) is 23.5 Å². The lowest BCUT2D eigenvalue weighted by molar-refractivity contribution is -0.131. The van der Waals surface area contributed by atoms with Crippen LogP contribution in [0.3, 0.4) is 0 Å². The molecule has 0 heterocycles. The summed E-state index contributed by atoms with van der Waals surface area (Å²) in [5.74, 6) is 0.508. The van der Waals surface area contributed by atoms with Gasteiger partial charge in [-0.15, -0.1) is 12.4 Å². The zero-order valence-electron chi connectivity index (χ0n) is 17.0. The predicted molar refractivity (Wildman–Crippen MR) is 121 cm³/mol. The minimum absolute atomic E-state index is 0. The molecule has 2 saturated carbocycles. The van der Waals surface area contributed by atoms with E-state index < -0.39 is 6.04 Å². The fraction of sp³-hybridized carbons (Fsp3) is 0.417. The number of rotatable bonds is 5. The standard InChI is InChI=1S/C24H29N3O2.ClH/c25-21-17-10-7-11-18(21)15-19(14-17)23(28)27-22(16-8-3-1-4-9-16)24(29)26-20-12-5-2-6-13-20;/h1-6,8-9,12-13,17-19,21-22H,7,10-11,14-15,25H2,(H,26,29)(H,27,28);1H. The maximum atomic E-state index is 13.1. The Morgan fingerprint density at radius 1 is 0.900 bits per heavy atom. The third-order valence-corrected chi connectivity index (χ3v) is 6.51. The molecule has 2 aliphatic rings. The van der Waals surface area contributed by atoms with Gasteiger partial charge in [0, 0.05) is 17.6 Å². The highest BCUT2D eigenvalue weighted by atomic mass is 35.5. The third kappa shape index (κ3) is 5.02. The van der Waals surface area contributed by atoms with Crippen LogP contribution in [-0.4, -0.2) is 17.9 Å². The van der Waals surface area contributed by atoms with E-state index in [0.29, 0.717) is 17.5 Å². The Kier molecular flexibility index (Phi) is 7.51. The SMILES string of the molecule is Cl.NC1C2CCCC1CC(C(=O)NC(C(=O)Nc1ccccc1)c1ccccc1)C2. The van der Waals surface area contributed by atoms with Crippen molar-refractivity contribution in [3.05, 3.63) is 66.2 Å². The van der Waals surface area contributed by atoms with Crippen LogP contribution < -0.4 is 16.4 Å². The van der Waals surface area contributed by atoms with Crippen LogP contribution in [0, 0.1) is 17.8 Å². The quantitative estimate of drug-likeness (QED) is 0.672. The molecular formula is C24H30ClN3O2. The number of para-hydroxylation sites is 1. The van der Waals surface area contributed by atoms with Gasteiger partial charge >= 0.3 is 0 Å². The van der Waals surface area contributed by atoms with Crippen molar-refractivity contribution in [1.29, 1.82) is 0 Å². The molecule has 2 aliphatic carbocycles. The van der Waals surface area contributed by atoms with Crippen LogP contribution in [-0.2, 0) is 9.59 Å². The van der Waals surface area contributed by atoms with Gasteiger partial charge in [0.25, 0.3) is 5.91 Å². The molecule has 0 radical (unpaired) electrons. The topological polar surface area (TPSA) is 84.2 Å². The van der Waals surface area contributed by atoms with E-state index in [2.05, 4.69) is 10.6 Å². The molecule has 2 bridgehead atoms. The Morgan fingerprint density at radius 2 is 1.47 bits per heavy atom. The largest absolute Gasteiger partial charge is 0.340 e. The summed E-state index contributed by atoms with van der Waals surface area (Å²) in [7, 11) is 0. The van der Waals surface area contributed by atoms with Crippen LogP contribution in [0.1, 0.15) is 43.7 Å². The normalized spacial score (nSPS) is 26.0. The molecule has 2 aromatic rings. The second kappa shape index (κ2) is 10.1. The van der Waals surface area contributed by atoms with Gasteiger partial charge in [-0.2, -0.15) is 0 Å². The number of fused-ring (bicyclic) bond motifs is 2. The number of halogens is 1. The second-order valence-electron chi connectivity index (χ2n) is 8.40. The number of amides is 2. The molecule has 3 unspecified atom stereocenters. The minimum atomic E-state index is -0.723. The van der Waals surface area contributed by atoms with Crippen molar-refractivity contribution >= 4 is 29.9 Å². The van der Waals surface area contributed by atoms with E-state index in [4.69, 9.17) is 5.73 Å². The highest BCUT2D eigenvalue weighted by molar-refractivity contribution is 5.98. The summed E-state index contributed by atoms with van der Waals surface area (Å²) in [6.45, 7) is 0. The van der Waals surface area contributed by atoms with E-state index in [1.54, 1.807) is 0 Å². The fourth-order valence-corrected chi connectivity index (χ4v) is 4.94. The molecule has 4 N–H and O–H groups in total. The monoisotopic (exact) mass is 427 g/mol. The first-order valence-corrected chi connectivity index (χ1v) is 10.6. The predicted octanol–water partition coefficient (Wildman–Crippen LogP) is 4.06. The number of nitrogens with one attached hydrogen (secondary N) is 2. The number of carbonyl (C=O) groups excluding carboxylic acids is 2. The summed E-state index contributed by atoms with van der Waals surface area (Å²) in [6, 6.07) is 18.2. The summed E-state index contributed by atoms with van der Waals surface area (Å²) >= 11 is 0. The number of hydrogen-bond donors (Lipinski definition) is 3. The first-order valence-electron chi connectivity index (χ1n) is 10.6. The molecule has 2 amide bonds. The highest BCUT2D eigenvalue weighted by Crippen LogP contribution is 2.42. The first kappa shape index (κ1) is 22.3. The number of anilines is 1. The maximum absolute atomic E-state index is 13.1. The van der Waals surface area contributed by atoms with Crippen LogP contribution in [0.2, 0.25) is 0 Å². The van der Waals surface area contributed by atoms with E-state index in [9.17, 15) is 9.59 Å². The summed E-state index contributed by atoms with van der Waals surface area (Å²) in [4.78, 5) is 26.2. The molecule has 2 fully saturated rings. The van der Waals surface area contributed by atoms with Crippen molar-refractivity contribution in [1.82, 2.24) is 5.32 Å². The summed E-state index contributed by atoms with van der Waals surface area (Å²) in [5, 5.41) is 5.96. The second-order valence-corrected chi connectivity index (χ2v) is 8.40. The Bertz CT molecular complexity index is 832. The lowest BCUT2D eigenvalue weighted by Crippen LogP contribution is -2.50. The van der Waals surface area contributed by atoms with E-state index in [-0.39, 0.29) is 36.2 Å². The fourth-order valence-electron chi connectivity index (χ4n) is 4.94. The molecule has 0 spiro atoms. The molecule has 6 heteroatoms. The van der Waals surface area contributed by atoms with Crippen LogP contribution in [0.5, 0.6) is 0 Å². The van der Waals surface area contributed by atoms with Crippen molar-refractivity contribution in [2.45, 2.75) is 44.2 Å². The van der Waals surface area contributed by atoms with Gasteiger partial charge in [-0.25, -0.2) is 0 Å². The van der Waals surface area contributed by atoms with E-state index in [1.165, 1.54) is 6.42 Å². The molecule has 0 saturated heterocycles. The van der Waals surface area contributed by atoms with Crippen molar-refractivity contribution in [3.8, 4) is 0 Å². The lowest BCUT2D eigenvalue weighted by Gasteiger charge is -2.43. The molecule has 4 rings (SSSR count). The van der Waals surface area contributed by atoms with Crippen molar-refractivity contribution < 1.29 is 9.59 Å². The van der Waals surface area contributed by atoms with Gasteiger partial charge < -0.3 is 16.4 Å². The highest BCUT2D eigenvalue weighted by Gasteiger charge is 2.41. The Balaban J connectivity index is 0.00000256. The number of hydrogen-bond acceptors (Lipinski definition) is 3. The summed E-state index contributed by atoms with van der Waals surface area (Å²) in [6.07, 6.45) is 5.08. The molecule has 3 atom stereocenters. The number of benzene rings is 2. The van der Waals surface area contributed by atoms with Gasteiger partial charge in [0.05, 0.1) is 0 Å². The Labute approximate surface area is 184 Å². The summed E-state index contributed by atoms with van der Waals surface area (Å²) in [5.41, 5.74) is 7.87. The smallest absolute Gasteiger partial charge is 0.251 e. The van der Waals surface area contributed by atoms with Gasteiger partial charge in [-0.05, 0) is 55.2 Å². The molecule has 30 heavy (non-hydrogen) atoms. The van der Waals surface area contributed by atoms with Crippen LogP contribution >= 0.6 is 12.4 Å². The zero-order valence-corrected chi connectivity index (χ0v) is 17.8. The van der Waals surface area contributed by atoms with E-state index >= 15 is 0 Å². The van der Waals surface area contributed by atoms with Crippen LogP contribution in [0.25, 0.3) is 0 Å². The molecule has 5 nitrogen and oxygen atoms in total. The summed E-state index contributed by atoms with van der Waals surface area (Å²) < 4.78 is 0. The van der Waals surface area contributed by atoms with Gasteiger partial charge in [0.2, 0.25) is 5.91 Å². The van der Waals surface area contributed by atoms with E-state index in [0.717, 1.165) is 31.2 Å². The van der Waals surface area contributed by atoms with Gasteiger partial charge in [0.15, 0.2) is 0 Å². The third-order valence-electron chi connectivity index (χ3n) is 6.51. The number of nitrogens with two attached hydrogens (primary N) is 1. The number of carbonyl (C=O) groups is 2. The van der Waals surface area contributed by atoms with Gasteiger partial charge in [-0.3, -0.25) is 9.59 Å². The lowest BCUT2D eigenvalue weighted by atomic mass is 9.65. The van der Waals surface area contributed by atoms with Crippen LogP contribution in [0.4, 0.5) is 5.69 Å². The van der Waals surface area contributed by atoms with Crippen molar-refractivity contribution in [3.63, 3.8) is 0 Å². The first-order chi connectivity index (χ1) is 14.1. The average molecular weight is 428 g/mol. The molecule has 2 aromatic carbocycles. The van der Waals surface area contributed by atoms with Crippen LogP contribution in [0.15, 0.2) is 60.7 Å². The minimum Gasteiger partial charge on any atom is -0.340 e. The molecule has 0 aliphatic heterocycles. The van der Waals surface area contributed by atoms with E-state index in [1.807, 2.05) is 60.7 Å². The maximum Gasteiger partial charge on any atom is 0.251 e. The molecular weight excluding hydrogens is 398 g/mol. The van der Waals surface area contributed by atoms with Gasteiger partial charge in [0.1, 0.15) is 6.04 Å². The zero-order chi connectivity index (χ0) is 20.2. The Morgan fingerprint density at radius 3 is 2.07 bits per heavy atom. The Hall–Kier alpha value is -2.37. The van der Waals surface area contributed by atoms with Crippen molar-refractivity contribution in [2.75, 3.05) is 5.32 Å². The molecule has 0 aromatic heterocycles. The average Bonchev–Trinajstić information content (AvgIpc) is 2.73. The molecule has 160 valence electrons.